The largest absolute Gasteiger partial charge is 0.478 e. The topological polar surface area (TPSA) is 78.9 Å². The van der Waals surface area contributed by atoms with E-state index in [0.29, 0.717) is 13.2 Å². The third-order valence-electron chi connectivity index (χ3n) is 2.62. The summed E-state index contributed by atoms with van der Waals surface area (Å²) in [5.74, 6) is -2.15. The minimum Gasteiger partial charge on any atom is -0.478 e. The normalized spacial score (nSPS) is 10.2. The summed E-state index contributed by atoms with van der Waals surface area (Å²) < 4.78 is 18.6. The van der Waals surface area contributed by atoms with E-state index < -0.39 is 11.8 Å². The van der Waals surface area contributed by atoms with Gasteiger partial charge in [0.1, 0.15) is 5.82 Å². The van der Waals surface area contributed by atoms with Crippen LogP contribution in [-0.2, 0) is 9.53 Å². The molecule has 6 nitrogen and oxygen atoms in total. The molecule has 1 aromatic rings. The molecule has 0 heterocycles. The van der Waals surface area contributed by atoms with Gasteiger partial charge in [-0.3, -0.25) is 4.79 Å². The molecule has 1 rings (SSSR count). The number of carboxylic acid groups (broad SMARTS) is 1. The summed E-state index contributed by atoms with van der Waals surface area (Å²) >= 11 is 0. The molecule has 7 heteroatoms. The number of carboxylic acids is 1. The number of nitrogens with zero attached hydrogens (tertiary/aromatic N) is 1. The fourth-order valence-electron chi connectivity index (χ4n) is 1.60. The number of amides is 1. The van der Waals surface area contributed by atoms with Crippen LogP contribution in [0.2, 0.25) is 0 Å². The van der Waals surface area contributed by atoms with Crippen molar-refractivity contribution in [2.24, 2.45) is 0 Å². The Balaban J connectivity index is 2.65. The smallest absolute Gasteiger partial charge is 0.335 e. The van der Waals surface area contributed by atoms with Crippen molar-refractivity contribution in [3.05, 3.63) is 29.6 Å². The van der Waals surface area contributed by atoms with E-state index in [-0.39, 0.29) is 23.7 Å². The van der Waals surface area contributed by atoms with Crippen LogP contribution in [-0.4, -0.2) is 50.8 Å². The number of hydrogen-bond acceptors (Lipinski definition) is 4. The highest BCUT2D eigenvalue weighted by Crippen LogP contribution is 2.19. The highest BCUT2D eigenvalue weighted by atomic mass is 19.1. The molecular formula is C13H17FN2O4. The Morgan fingerprint density at radius 2 is 2.15 bits per heavy atom. The fraction of sp³-hybridized carbons (Fsp3) is 0.385. The van der Waals surface area contributed by atoms with Crippen LogP contribution in [0.1, 0.15) is 10.4 Å². The molecule has 0 aliphatic heterocycles. The maximum absolute atomic E-state index is 13.8. The lowest BCUT2D eigenvalue weighted by Gasteiger charge is -2.19. The molecule has 20 heavy (non-hydrogen) atoms. The van der Waals surface area contributed by atoms with Crippen LogP contribution in [0.15, 0.2) is 18.2 Å². The molecule has 0 bridgehead atoms. The van der Waals surface area contributed by atoms with Gasteiger partial charge in [0.15, 0.2) is 0 Å². The average Bonchev–Trinajstić information content (AvgIpc) is 2.38. The number of rotatable bonds is 7. The van der Waals surface area contributed by atoms with E-state index in [1.165, 1.54) is 24.1 Å². The molecular weight excluding hydrogens is 267 g/mol. The van der Waals surface area contributed by atoms with Crippen LogP contribution in [0, 0.1) is 5.82 Å². The second-order valence-electron chi connectivity index (χ2n) is 4.17. The van der Waals surface area contributed by atoms with Gasteiger partial charge in [-0.05, 0) is 18.2 Å². The zero-order valence-electron chi connectivity index (χ0n) is 11.4. The third-order valence-corrected chi connectivity index (χ3v) is 2.62. The van der Waals surface area contributed by atoms with Crippen molar-refractivity contribution < 1.29 is 23.8 Å². The molecule has 0 saturated carbocycles. The highest BCUT2D eigenvalue weighted by molar-refractivity contribution is 5.88. The maximum atomic E-state index is 13.8. The molecule has 0 aliphatic carbocycles. The summed E-state index contributed by atoms with van der Waals surface area (Å²) in [5, 5.41) is 11.4. The van der Waals surface area contributed by atoms with E-state index in [4.69, 9.17) is 9.84 Å². The quantitative estimate of drug-likeness (QED) is 0.721. The number of aromatic carboxylic acids is 1. The zero-order chi connectivity index (χ0) is 15.1. The first-order chi connectivity index (χ1) is 9.45. The summed E-state index contributed by atoms with van der Waals surface area (Å²) in [6, 6.07) is 3.55. The number of nitrogens with one attached hydrogen (secondary N) is 1. The Morgan fingerprint density at radius 3 is 2.70 bits per heavy atom. The Hall–Kier alpha value is -2.15. The average molecular weight is 284 g/mol. The van der Waals surface area contributed by atoms with Crippen LogP contribution >= 0.6 is 0 Å². The molecule has 0 aromatic heterocycles. The Kier molecular flexibility index (Phi) is 5.92. The summed E-state index contributed by atoms with van der Waals surface area (Å²) in [5.41, 5.74) is 0.0288. The monoisotopic (exact) mass is 284 g/mol. The third kappa shape index (κ3) is 4.51. The van der Waals surface area contributed by atoms with Crippen molar-refractivity contribution in [1.29, 1.82) is 0 Å². The molecule has 0 spiro atoms. The van der Waals surface area contributed by atoms with Gasteiger partial charge in [-0.15, -0.1) is 0 Å². The van der Waals surface area contributed by atoms with Gasteiger partial charge in [0.2, 0.25) is 5.91 Å². The second kappa shape index (κ2) is 7.44. The number of methoxy groups -OCH3 is 1. The Labute approximate surface area is 116 Å². The number of hydrogen-bond donors (Lipinski definition) is 2. The van der Waals surface area contributed by atoms with E-state index in [1.807, 2.05) is 0 Å². The van der Waals surface area contributed by atoms with E-state index in [2.05, 4.69) is 5.32 Å². The van der Waals surface area contributed by atoms with E-state index in [9.17, 15) is 14.0 Å². The number of anilines is 1. The van der Waals surface area contributed by atoms with E-state index in [1.54, 1.807) is 7.05 Å². The van der Waals surface area contributed by atoms with Crippen molar-refractivity contribution in [1.82, 2.24) is 5.32 Å². The molecule has 0 atom stereocenters. The van der Waals surface area contributed by atoms with Crippen molar-refractivity contribution in [2.45, 2.75) is 0 Å². The standard InChI is InChI=1S/C13H17FN2O4/c1-16(8-12(17)15-5-6-20-2)11-4-3-9(13(18)19)7-10(11)14/h3-4,7H,5-6,8H2,1-2H3,(H,15,17)(H,18,19). The van der Waals surface area contributed by atoms with Gasteiger partial charge >= 0.3 is 5.97 Å². The van der Waals surface area contributed by atoms with Gasteiger partial charge in [-0.1, -0.05) is 0 Å². The van der Waals surface area contributed by atoms with Crippen molar-refractivity contribution in [3.63, 3.8) is 0 Å². The van der Waals surface area contributed by atoms with E-state index in [0.717, 1.165) is 6.07 Å². The molecule has 0 radical (unpaired) electrons. The van der Waals surface area contributed by atoms with Gasteiger partial charge in [-0.2, -0.15) is 0 Å². The summed E-state index contributed by atoms with van der Waals surface area (Å²) in [6.45, 7) is 0.744. The van der Waals surface area contributed by atoms with Crippen molar-refractivity contribution >= 4 is 17.6 Å². The van der Waals surface area contributed by atoms with Gasteiger partial charge in [-0.25, -0.2) is 9.18 Å². The first-order valence-corrected chi connectivity index (χ1v) is 5.95. The fourth-order valence-corrected chi connectivity index (χ4v) is 1.60. The number of carbonyl (C=O) groups is 2. The van der Waals surface area contributed by atoms with Crippen LogP contribution in [0.4, 0.5) is 10.1 Å². The number of likely N-dealkylation sites (N-methyl/N-ethyl adjacent to an activating group) is 1. The molecule has 0 fully saturated rings. The van der Waals surface area contributed by atoms with Gasteiger partial charge in [0.05, 0.1) is 24.4 Å². The van der Waals surface area contributed by atoms with Crippen LogP contribution in [0.3, 0.4) is 0 Å². The number of halogens is 1. The molecule has 0 saturated heterocycles. The van der Waals surface area contributed by atoms with E-state index >= 15 is 0 Å². The minimum absolute atomic E-state index is 0.0347. The van der Waals surface area contributed by atoms with Crippen LogP contribution < -0.4 is 10.2 Å². The lowest BCUT2D eigenvalue weighted by Crippen LogP contribution is -2.37. The minimum atomic E-state index is -1.20. The number of carbonyl (C=O) groups excluding carboxylic acids is 1. The molecule has 0 aliphatic rings. The summed E-state index contributed by atoms with van der Waals surface area (Å²) in [4.78, 5) is 23.7. The Bertz CT molecular complexity index is 493. The first kappa shape index (κ1) is 15.9. The van der Waals surface area contributed by atoms with Gasteiger partial charge in [0, 0.05) is 20.7 Å². The van der Waals surface area contributed by atoms with Crippen molar-refractivity contribution in [3.8, 4) is 0 Å². The zero-order valence-corrected chi connectivity index (χ0v) is 11.4. The second-order valence-corrected chi connectivity index (χ2v) is 4.17. The predicted molar refractivity (Wildman–Crippen MR) is 71.5 cm³/mol. The maximum Gasteiger partial charge on any atom is 0.335 e. The highest BCUT2D eigenvalue weighted by Gasteiger charge is 2.13. The summed E-state index contributed by atoms with van der Waals surface area (Å²) in [7, 11) is 3.08. The van der Waals surface area contributed by atoms with Crippen LogP contribution in [0.25, 0.3) is 0 Å². The lowest BCUT2D eigenvalue weighted by atomic mass is 10.2. The van der Waals surface area contributed by atoms with Gasteiger partial charge < -0.3 is 20.1 Å². The number of benzene rings is 1. The lowest BCUT2D eigenvalue weighted by molar-refractivity contribution is -0.119. The first-order valence-electron chi connectivity index (χ1n) is 5.95. The number of ether oxygens (including phenoxy) is 1. The van der Waals surface area contributed by atoms with Crippen molar-refractivity contribution in [2.75, 3.05) is 38.8 Å². The van der Waals surface area contributed by atoms with Crippen LogP contribution in [0.5, 0.6) is 0 Å². The molecule has 0 unspecified atom stereocenters. The Morgan fingerprint density at radius 1 is 1.45 bits per heavy atom. The molecule has 2 N–H and O–H groups in total. The summed E-state index contributed by atoms with van der Waals surface area (Å²) in [6.07, 6.45) is 0. The molecule has 110 valence electrons. The van der Waals surface area contributed by atoms with Gasteiger partial charge in [0.25, 0.3) is 0 Å². The molecule has 1 aromatic carbocycles. The SMILES string of the molecule is COCCNC(=O)CN(C)c1ccc(C(=O)O)cc1F. The molecule has 1 amide bonds. The predicted octanol–water partition coefficient (Wildman–Crippen LogP) is 0.723.